The van der Waals surface area contributed by atoms with Gasteiger partial charge in [-0.3, -0.25) is 10.1 Å². The van der Waals surface area contributed by atoms with Gasteiger partial charge < -0.3 is 10.1 Å². The van der Waals surface area contributed by atoms with Crippen molar-refractivity contribution in [2.24, 2.45) is 4.99 Å². The van der Waals surface area contributed by atoms with Crippen molar-refractivity contribution in [3.63, 3.8) is 0 Å². The minimum atomic E-state index is -1.12. The third-order valence-electron chi connectivity index (χ3n) is 4.80. The summed E-state index contributed by atoms with van der Waals surface area (Å²) >= 11 is 0. The van der Waals surface area contributed by atoms with E-state index in [1.165, 1.54) is 0 Å². The molecule has 0 radical (unpaired) electrons. The predicted molar refractivity (Wildman–Crippen MR) is 115 cm³/mol. The summed E-state index contributed by atoms with van der Waals surface area (Å²) in [6.45, 7) is 1.77. The zero-order valence-corrected chi connectivity index (χ0v) is 16.4. The zero-order valence-electron chi connectivity index (χ0n) is 16.4. The first-order valence-electron chi connectivity index (χ1n) is 9.67. The molecule has 3 aromatic rings. The van der Waals surface area contributed by atoms with Crippen molar-refractivity contribution in [2.45, 2.75) is 19.2 Å². The van der Waals surface area contributed by atoms with E-state index in [9.17, 15) is 9.59 Å². The number of para-hydroxylation sites is 1. The first-order valence-corrected chi connectivity index (χ1v) is 9.67. The maximum Gasteiger partial charge on any atom is 0.409 e. The molecule has 0 aromatic heterocycles. The average Bonchev–Trinajstić information content (AvgIpc) is 2.91. The first-order chi connectivity index (χ1) is 14.6. The van der Waals surface area contributed by atoms with Crippen LogP contribution in [0, 0.1) is 0 Å². The van der Waals surface area contributed by atoms with Crippen LogP contribution in [0.5, 0.6) is 0 Å². The van der Waals surface area contributed by atoms with Crippen LogP contribution in [0.15, 0.2) is 89.9 Å². The Hall–Kier alpha value is -3.93. The summed E-state index contributed by atoms with van der Waals surface area (Å²) in [5.74, 6) is -0.433. The van der Waals surface area contributed by atoms with Crippen LogP contribution in [0.4, 0.5) is 10.5 Å². The molecule has 6 heteroatoms. The summed E-state index contributed by atoms with van der Waals surface area (Å²) in [7, 11) is 0. The molecule has 1 unspecified atom stereocenters. The number of benzodiazepines with no additional fused rings is 1. The molecule has 1 heterocycles. The van der Waals surface area contributed by atoms with Gasteiger partial charge in [0.1, 0.15) is 6.10 Å². The minimum absolute atomic E-state index is 0.433. The number of alkyl carbamates (subject to hydrolysis) is 1. The molecule has 0 bridgehead atoms. The maximum atomic E-state index is 12.8. The van der Waals surface area contributed by atoms with Gasteiger partial charge in [-0.2, -0.15) is 0 Å². The second-order valence-electron chi connectivity index (χ2n) is 6.88. The topological polar surface area (TPSA) is 79.8 Å². The number of carbonyl (C=O) groups excluding carboxylic acids is 2. The summed E-state index contributed by atoms with van der Waals surface area (Å²) in [6, 6.07) is 26.4. The lowest BCUT2D eigenvalue weighted by Crippen LogP contribution is -2.42. The number of rotatable bonds is 4. The molecule has 0 aliphatic carbocycles. The SMILES string of the molecule is CC(OC(=O)N[C@@H]1N=C(c2ccccc2)c2ccccc2NC1=O)c1ccccc1. The monoisotopic (exact) mass is 399 g/mol. The molecule has 0 fully saturated rings. The second-order valence-corrected chi connectivity index (χ2v) is 6.88. The molecule has 0 spiro atoms. The van der Waals surface area contributed by atoms with Crippen LogP contribution < -0.4 is 10.6 Å². The Morgan fingerprint density at radius 3 is 2.33 bits per heavy atom. The molecule has 30 heavy (non-hydrogen) atoms. The molecule has 6 nitrogen and oxygen atoms in total. The van der Waals surface area contributed by atoms with E-state index in [1.807, 2.05) is 84.9 Å². The number of nitrogens with zero attached hydrogens (tertiary/aromatic N) is 1. The average molecular weight is 399 g/mol. The molecule has 2 amide bonds. The van der Waals surface area contributed by atoms with Crippen LogP contribution in [-0.4, -0.2) is 23.9 Å². The number of amides is 2. The number of hydrogen-bond acceptors (Lipinski definition) is 4. The largest absolute Gasteiger partial charge is 0.442 e. The van der Waals surface area contributed by atoms with E-state index in [2.05, 4.69) is 15.6 Å². The standard InChI is InChI=1S/C24H21N3O3/c1-16(17-10-4-2-5-11-17)30-24(29)27-22-23(28)25-20-15-9-8-14-19(20)21(26-22)18-12-6-3-7-13-18/h2-16,22H,1H3,(H,25,28)(H,27,29)/t16?,22-/m0/s1. The van der Waals surface area contributed by atoms with E-state index >= 15 is 0 Å². The van der Waals surface area contributed by atoms with Crippen molar-refractivity contribution < 1.29 is 14.3 Å². The first kappa shape index (κ1) is 19.4. The van der Waals surface area contributed by atoms with Crippen LogP contribution >= 0.6 is 0 Å². The smallest absolute Gasteiger partial charge is 0.409 e. The van der Waals surface area contributed by atoms with Crippen molar-refractivity contribution in [1.29, 1.82) is 0 Å². The number of aliphatic imine (C=N–C) groups is 1. The van der Waals surface area contributed by atoms with Gasteiger partial charge in [0, 0.05) is 11.1 Å². The van der Waals surface area contributed by atoms with E-state index in [0.717, 1.165) is 16.7 Å². The van der Waals surface area contributed by atoms with Gasteiger partial charge >= 0.3 is 6.09 Å². The second kappa shape index (κ2) is 8.61. The van der Waals surface area contributed by atoms with Crippen molar-refractivity contribution in [3.8, 4) is 0 Å². The molecule has 1 aliphatic heterocycles. The maximum absolute atomic E-state index is 12.8. The highest BCUT2D eigenvalue weighted by Crippen LogP contribution is 2.24. The number of fused-ring (bicyclic) bond motifs is 1. The van der Waals surface area contributed by atoms with Gasteiger partial charge in [0.15, 0.2) is 0 Å². The highest BCUT2D eigenvalue weighted by molar-refractivity contribution is 6.19. The quantitative estimate of drug-likeness (QED) is 0.687. The van der Waals surface area contributed by atoms with E-state index in [1.54, 1.807) is 6.92 Å². The highest BCUT2D eigenvalue weighted by atomic mass is 16.6. The minimum Gasteiger partial charge on any atom is -0.442 e. The Kier molecular flexibility index (Phi) is 5.57. The summed E-state index contributed by atoms with van der Waals surface area (Å²) in [5, 5.41) is 5.42. The molecule has 150 valence electrons. The van der Waals surface area contributed by atoms with E-state index in [0.29, 0.717) is 11.4 Å². The Labute approximate surface area is 174 Å². The highest BCUT2D eigenvalue weighted by Gasteiger charge is 2.28. The molecule has 2 N–H and O–H groups in total. The lowest BCUT2D eigenvalue weighted by atomic mass is 10.0. The number of carbonyl (C=O) groups is 2. The molecule has 1 aliphatic rings. The summed E-state index contributed by atoms with van der Waals surface area (Å²) in [4.78, 5) is 29.8. The Morgan fingerprint density at radius 1 is 0.967 bits per heavy atom. The van der Waals surface area contributed by atoms with Crippen molar-refractivity contribution in [2.75, 3.05) is 5.32 Å². The zero-order chi connectivity index (χ0) is 20.9. The van der Waals surface area contributed by atoms with E-state index in [4.69, 9.17) is 4.74 Å². The number of nitrogens with one attached hydrogen (secondary N) is 2. The Bertz CT molecular complexity index is 1080. The van der Waals surface area contributed by atoms with Crippen LogP contribution in [-0.2, 0) is 9.53 Å². The van der Waals surface area contributed by atoms with Gasteiger partial charge in [-0.25, -0.2) is 9.79 Å². The Morgan fingerprint density at radius 2 is 1.60 bits per heavy atom. The lowest BCUT2D eigenvalue weighted by molar-refractivity contribution is -0.117. The van der Waals surface area contributed by atoms with Crippen LogP contribution in [0.25, 0.3) is 0 Å². The lowest BCUT2D eigenvalue weighted by Gasteiger charge is -2.17. The number of anilines is 1. The van der Waals surface area contributed by atoms with Gasteiger partial charge in [0.25, 0.3) is 5.91 Å². The van der Waals surface area contributed by atoms with Crippen LogP contribution in [0.2, 0.25) is 0 Å². The molecular weight excluding hydrogens is 378 g/mol. The fourth-order valence-corrected chi connectivity index (χ4v) is 3.28. The van der Waals surface area contributed by atoms with Gasteiger partial charge in [0.05, 0.1) is 11.4 Å². The summed E-state index contributed by atoms with van der Waals surface area (Å²) in [6.07, 6.45) is -2.30. The number of hydrogen-bond donors (Lipinski definition) is 2. The van der Waals surface area contributed by atoms with Crippen LogP contribution in [0.1, 0.15) is 29.7 Å². The number of benzene rings is 3. The molecule has 4 rings (SSSR count). The Balaban J connectivity index is 1.60. The van der Waals surface area contributed by atoms with Gasteiger partial charge in [0.2, 0.25) is 6.17 Å². The molecular formula is C24H21N3O3. The van der Waals surface area contributed by atoms with Crippen molar-refractivity contribution in [1.82, 2.24) is 5.32 Å². The number of ether oxygens (including phenoxy) is 1. The van der Waals surface area contributed by atoms with Gasteiger partial charge in [-0.05, 0) is 18.6 Å². The molecule has 0 saturated heterocycles. The van der Waals surface area contributed by atoms with Gasteiger partial charge in [-0.15, -0.1) is 0 Å². The third-order valence-corrected chi connectivity index (χ3v) is 4.80. The fraction of sp³-hybridized carbons (Fsp3) is 0.125. The molecule has 3 aromatic carbocycles. The third kappa shape index (κ3) is 4.22. The van der Waals surface area contributed by atoms with E-state index in [-0.39, 0.29) is 0 Å². The summed E-state index contributed by atoms with van der Waals surface area (Å²) in [5.41, 5.74) is 3.75. The molecule has 0 saturated carbocycles. The molecule has 2 atom stereocenters. The van der Waals surface area contributed by atoms with Gasteiger partial charge in [-0.1, -0.05) is 78.9 Å². The van der Waals surface area contributed by atoms with Crippen molar-refractivity contribution >= 4 is 23.4 Å². The van der Waals surface area contributed by atoms with Crippen molar-refractivity contribution in [3.05, 3.63) is 102 Å². The fourth-order valence-electron chi connectivity index (χ4n) is 3.28. The van der Waals surface area contributed by atoms with Crippen LogP contribution in [0.3, 0.4) is 0 Å². The summed E-state index contributed by atoms with van der Waals surface area (Å²) < 4.78 is 5.45. The normalized spacial score (nSPS) is 16.4. The van der Waals surface area contributed by atoms with E-state index < -0.39 is 24.3 Å². The predicted octanol–water partition coefficient (Wildman–Crippen LogP) is 4.29.